The van der Waals surface area contributed by atoms with Crippen LogP contribution in [0.4, 0.5) is 0 Å². The summed E-state index contributed by atoms with van der Waals surface area (Å²) in [5, 5.41) is 0. The number of hydroxylamine groups is 1. The molecular weight excluding hydrogens is 523 g/mol. The summed E-state index contributed by atoms with van der Waals surface area (Å²) >= 11 is -4.76. The summed E-state index contributed by atoms with van der Waals surface area (Å²) in [5.74, 6) is -0.0281. The summed E-state index contributed by atoms with van der Waals surface area (Å²) in [4.78, 5) is 18.1. The molecule has 2 aliphatic heterocycles. The van der Waals surface area contributed by atoms with Crippen LogP contribution in [-0.2, 0) is 19.1 Å². The van der Waals surface area contributed by atoms with E-state index in [1.165, 1.54) is 5.56 Å². The number of carbonyl (C=O) groups is 1. The topological polar surface area (TPSA) is 88.1 Å². The van der Waals surface area contributed by atoms with E-state index >= 15 is 0 Å². The van der Waals surface area contributed by atoms with Gasteiger partial charge >= 0.3 is 194 Å². The minimum atomic E-state index is -4.76. The van der Waals surface area contributed by atoms with Crippen molar-refractivity contribution in [3.8, 4) is 0 Å². The van der Waals surface area contributed by atoms with Crippen LogP contribution in [0.2, 0.25) is 0 Å². The Morgan fingerprint density at radius 3 is 2.50 bits per heavy atom. The number of carbonyl (C=O) groups excluding carboxylic acids is 1. The van der Waals surface area contributed by atoms with Gasteiger partial charge in [-0.1, -0.05) is 0 Å². The molecule has 0 bridgehead atoms. The maximum atomic E-state index is 13.6. The standard InChI is InChI=1S/C24H31IN2O5/c28-24(26-32-23-12-6-7-17-31-23)21-10-4-5-11-22(21)25(29,30)27-15-13-20(14-16-27)18-19-8-2-1-3-9-19/h1-5,8-11,20,23H,6-7,12-18H2,(H,26,28)(H,29,30). The predicted molar refractivity (Wildman–Crippen MR) is 129 cm³/mol. The SMILES string of the molecule is O=C(NOC1CCCCO1)c1ccccc1I(=O)(O)N1CCC(Cc2ccccc2)CC1. The van der Waals surface area contributed by atoms with Gasteiger partial charge in [0.2, 0.25) is 0 Å². The Morgan fingerprint density at radius 1 is 1.06 bits per heavy atom. The van der Waals surface area contributed by atoms with Crippen molar-refractivity contribution in [2.24, 2.45) is 5.92 Å². The molecule has 2 unspecified atom stereocenters. The molecule has 2 N–H and O–H groups in total. The van der Waals surface area contributed by atoms with Gasteiger partial charge in [-0.25, -0.2) is 0 Å². The molecule has 7 nitrogen and oxygen atoms in total. The normalized spacial score (nSPS) is 23.2. The summed E-state index contributed by atoms with van der Waals surface area (Å²) in [7, 11) is 0. The first-order chi connectivity index (χ1) is 15.5. The van der Waals surface area contributed by atoms with Crippen molar-refractivity contribution in [3.63, 3.8) is 0 Å². The number of ether oxygens (including phenoxy) is 1. The predicted octanol–water partition coefficient (Wildman–Crippen LogP) is 4.21. The number of benzene rings is 2. The summed E-state index contributed by atoms with van der Waals surface area (Å²) in [6, 6.07) is 16.9. The van der Waals surface area contributed by atoms with E-state index in [4.69, 9.17) is 9.57 Å². The number of hydrogen-bond acceptors (Lipinski definition) is 4. The van der Waals surface area contributed by atoms with Crippen LogP contribution in [0.25, 0.3) is 0 Å². The van der Waals surface area contributed by atoms with Gasteiger partial charge in [-0.2, -0.15) is 0 Å². The van der Waals surface area contributed by atoms with Gasteiger partial charge in [0.15, 0.2) is 0 Å². The molecule has 2 aromatic carbocycles. The van der Waals surface area contributed by atoms with Crippen molar-refractivity contribution in [2.45, 2.75) is 44.8 Å². The third-order valence-corrected chi connectivity index (χ3v) is 11.3. The Morgan fingerprint density at radius 2 is 1.78 bits per heavy atom. The molecule has 2 atom stereocenters. The molecule has 2 aliphatic rings. The summed E-state index contributed by atoms with van der Waals surface area (Å²) in [5.41, 5.74) is 3.90. The molecule has 174 valence electrons. The Kier molecular flexibility index (Phi) is 8.01. The van der Waals surface area contributed by atoms with Gasteiger partial charge in [-0.05, 0) is 0 Å². The van der Waals surface area contributed by atoms with Crippen molar-refractivity contribution < 1.29 is 20.9 Å². The Labute approximate surface area is 193 Å². The molecule has 2 heterocycles. The number of rotatable bonds is 7. The zero-order chi connectivity index (χ0) is 22.4. The first-order valence-corrected chi connectivity index (χ1v) is 15.1. The molecule has 0 saturated carbocycles. The van der Waals surface area contributed by atoms with Crippen LogP contribution in [0.5, 0.6) is 0 Å². The second-order valence-electron chi connectivity index (χ2n) is 8.33. The van der Waals surface area contributed by atoms with Crippen LogP contribution >= 0.6 is 19.1 Å². The maximum absolute atomic E-state index is 13.6. The van der Waals surface area contributed by atoms with Crippen molar-refractivity contribution in [3.05, 3.63) is 69.3 Å². The van der Waals surface area contributed by atoms with Gasteiger partial charge in [0, 0.05) is 0 Å². The van der Waals surface area contributed by atoms with Gasteiger partial charge in [0.1, 0.15) is 0 Å². The monoisotopic (exact) mass is 554 g/mol. The number of halogens is 1. The second kappa shape index (κ2) is 10.9. The van der Waals surface area contributed by atoms with E-state index in [1.807, 2.05) is 18.2 Å². The zero-order valence-corrected chi connectivity index (χ0v) is 20.3. The van der Waals surface area contributed by atoms with Crippen molar-refractivity contribution in [2.75, 3.05) is 19.7 Å². The molecule has 4 rings (SSSR count). The van der Waals surface area contributed by atoms with Crippen molar-refractivity contribution in [1.82, 2.24) is 8.59 Å². The van der Waals surface area contributed by atoms with Gasteiger partial charge in [0.05, 0.1) is 0 Å². The minimum absolute atomic E-state index is 0.184. The van der Waals surface area contributed by atoms with E-state index in [9.17, 15) is 11.3 Å². The van der Waals surface area contributed by atoms with Gasteiger partial charge in [-0.3, -0.25) is 0 Å². The van der Waals surface area contributed by atoms with E-state index in [0.717, 1.165) is 32.1 Å². The van der Waals surface area contributed by atoms with Crippen molar-refractivity contribution in [1.29, 1.82) is 0 Å². The average Bonchev–Trinajstić information content (AvgIpc) is 2.84. The van der Waals surface area contributed by atoms with E-state index in [-0.39, 0.29) is 9.13 Å². The second-order valence-corrected chi connectivity index (χ2v) is 13.5. The van der Waals surface area contributed by atoms with E-state index in [1.54, 1.807) is 27.4 Å². The van der Waals surface area contributed by atoms with Crippen LogP contribution in [0.15, 0.2) is 54.6 Å². The molecular formula is C24H31IN2O5. The molecule has 2 aromatic rings. The van der Waals surface area contributed by atoms with Crippen LogP contribution < -0.4 is 5.48 Å². The number of piperidine rings is 1. The Hall–Kier alpha value is -1.72. The Bertz CT molecular complexity index is 940. The fourth-order valence-electron chi connectivity index (χ4n) is 4.25. The molecule has 2 saturated heterocycles. The van der Waals surface area contributed by atoms with E-state index in [0.29, 0.717) is 32.0 Å². The molecule has 0 aromatic heterocycles. The van der Waals surface area contributed by atoms with Gasteiger partial charge in [0.25, 0.3) is 0 Å². The average molecular weight is 554 g/mol. The fourth-order valence-corrected chi connectivity index (χ4v) is 8.71. The van der Waals surface area contributed by atoms with Crippen LogP contribution in [0.3, 0.4) is 0 Å². The van der Waals surface area contributed by atoms with E-state index < -0.39 is 31.3 Å². The number of amides is 1. The molecule has 0 aliphatic carbocycles. The summed E-state index contributed by atoms with van der Waals surface area (Å²) in [6.07, 6.45) is 4.90. The molecule has 8 heteroatoms. The Balaban J connectivity index is 1.39. The third kappa shape index (κ3) is 5.79. The van der Waals surface area contributed by atoms with Gasteiger partial charge in [-0.15, -0.1) is 0 Å². The zero-order valence-electron chi connectivity index (χ0n) is 18.1. The molecule has 1 amide bonds. The molecule has 2 fully saturated rings. The molecule has 32 heavy (non-hydrogen) atoms. The van der Waals surface area contributed by atoms with E-state index in [2.05, 4.69) is 17.6 Å². The quantitative estimate of drug-likeness (QED) is 0.303. The number of nitrogens with zero attached hydrogens (tertiary/aromatic N) is 1. The van der Waals surface area contributed by atoms with Crippen molar-refractivity contribution >= 4 is 25.0 Å². The van der Waals surface area contributed by atoms with Crippen LogP contribution in [-0.4, -0.2) is 38.4 Å². The summed E-state index contributed by atoms with van der Waals surface area (Å²) in [6.45, 7) is 1.71. The first-order valence-electron chi connectivity index (χ1n) is 11.2. The fraction of sp³-hybridized carbons (Fsp3) is 0.458. The summed E-state index contributed by atoms with van der Waals surface area (Å²) < 4.78 is 32.1. The first kappa shape index (κ1) is 23.4. The van der Waals surface area contributed by atoms with Crippen LogP contribution in [0.1, 0.15) is 48.0 Å². The van der Waals surface area contributed by atoms with Crippen LogP contribution in [0, 0.1) is 9.49 Å². The molecule has 0 radical (unpaired) electrons. The third-order valence-electron chi connectivity index (χ3n) is 6.06. The number of hydrogen-bond donors (Lipinski definition) is 2. The number of nitrogens with one attached hydrogen (secondary N) is 1. The van der Waals surface area contributed by atoms with Gasteiger partial charge < -0.3 is 0 Å². The molecule has 0 spiro atoms.